The molecule has 1 amide bonds. The van der Waals surface area contributed by atoms with E-state index in [4.69, 9.17) is 9.84 Å². The molecule has 0 fully saturated rings. The Kier molecular flexibility index (Phi) is 6.46. The maximum absolute atomic E-state index is 12.1. The molecule has 0 saturated heterocycles. The number of benzene rings is 1. The molecule has 5 heteroatoms. The quantitative estimate of drug-likeness (QED) is 0.783. The highest BCUT2D eigenvalue weighted by Gasteiger charge is 2.17. The van der Waals surface area contributed by atoms with Gasteiger partial charge in [-0.25, -0.2) is 0 Å². The first-order valence-corrected chi connectivity index (χ1v) is 6.81. The number of carboxylic acid groups (broad SMARTS) is 1. The summed E-state index contributed by atoms with van der Waals surface area (Å²) < 4.78 is 5.11. The fourth-order valence-electron chi connectivity index (χ4n) is 1.80. The van der Waals surface area contributed by atoms with Crippen molar-refractivity contribution >= 4 is 18.0 Å². The predicted octanol–water partition coefficient (Wildman–Crippen LogP) is 2.28. The number of carbonyl (C=O) groups is 2. The summed E-state index contributed by atoms with van der Waals surface area (Å²) in [5, 5.41) is 8.90. The fourth-order valence-corrected chi connectivity index (χ4v) is 1.80. The van der Waals surface area contributed by atoms with Gasteiger partial charge in [-0.15, -0.1) is 0 Å². The SMILES string of the molecule is CCN(CC(C)C(=O)O)C(=O)C=Cc1cccc(OC)c1. The molecular formula is C16H21NO4. The van der Waals surface area contributed by atoms with E-state index >= 15 is 0 Å². The summed E-state index contributed by atoms with van der Waals surface area (Å²) in [6.45, 7) is 4.09. The molecule has 0 aromatic heterocycles. The molecule has 0 aliphatic rings. The third-order valence-electron chi connectivity index (χ3n) is 3.12. The number of hydrogen-bond acceptors (Lipinski definition) is 3. The molecule has 21 heavy (non-hydrogen) atoms. The van der Waals surface area contributed by atoms with Crippen LogP contribution in [-0.2, 0) is 9.59 Å². The van der Waals surface area contributed by atoms with Gasteiger partial charge in [0.1, 0.15) is 5.75 Å². The molecule has 1 atom stereocenters. The minimum absolute atomic E-state index is 0.201. The van der Waals surface area contributed by atoms with E-state index in [1.165, 1.54) is 11.0 Å². The number of nitrogens with zero attached hydrogens (tertiary/aromatic N) is 1. The Bertz CT molecular complexity index is 525. The summed E-state index contributed by atoms with van der Waals surface area (Å²) in [5.74, 6) is -0.970. The molecular weight excluding hydrogens is 270 g/mol. The normalized spacial score (nSPS) is 12.1. The average Bonchev–Trinajstić information content (AvgIpc) is 2.49. The average molecular weight is 291 g/mol. The van der Waals surface area contributed by atoms with Gasteiger partial charge in [-0.3, -0.25) is 9.59 Å². The number of rotatable bonds is 7. The minimum atomic E-state index is -0.905. The minimum Gasteiger partial charge on any atom is -0.497 e. The number of carbonyl (C=O) groups excluding carboxylic acids is 1. The number of amides is 1. The van der Waals surface area contributed by atoms with Crippen LogP contribution in [0.2, 0.25) is 0 Å². The molecule has 5 nitrogen and oxygen atoms in total. The van der Waals surface area contributed by atoms with E-state index < -0.39 is 11.9 Å². The molecule has 0 bridgehead atoms. The van der Waals surface area contributed by atoms with E-state index in [0.29, 0.717) is 6.54 Å². The van der Waals surface area contributed by atoms with Crippen molar-refractivity contribution in [3.8, 4) is 5.75 Å². The molecule has 0 aliphatic heterocycles. The lowest BCUT2D eigenvalue weighted by atomic mass is 10.1. The second-order valence-corrected chi connectivity index (χ2v) is 4.73. The number of carboxylic acids is 1. The van der Waals surface area contributed by atoms with E-state index in [2.05, 4.69) is 0 Å². The highest BCUT2D eigenvalue weighted by molar-refractivity contribution is 5.92. The number of likely N-dealkylation sites (N-methyl/N-ethyl adjacent to an activating group) is 1. The van der Waals surface area contributed by atoms with Crippen LogP contribution in [0.5, 0.6) is 5.75 Å². The van der Waals surface area contributed by atoms with E-state index in [0.717, 1.165) is 11.3 Å². The largest absolute Gasteiger partial charge is 0.497 e. The van der Waals surface area contributed by atoms with Gasteiger partial charge in [0, 0.05) is 19.2 Å². The van der Waals surface area contributed by atoms with Gasteiger partial charge in [0.15, 0.2) is 0 Å². The van der Waals surface area contributed by atoms with Crippen LogP contribution in [0.25, 0.3) is 6.08 Å². The third-order valence-corrected chi connectivity index (χ3v) is 3.12. The summed E-state index contributed by atoms with van der Waals surface area (Å²) in [6, 6.07) is 7.35. The van der Waals surface area contributed by atoms with Gasteiger partial charge in [-0.2, -0.15) is 0 Å². The molecule has 114 valence electrons. The highest BCUT2D eigenvalue weighted by Crippen LogP contribution is 2.14. The zero-order chi connectivity index (χ0) is 15.8. The topological polar surface area (TPSA) is 66.8 Å². The summed E-state index contributed by atoms with van der Waals surface area (Å²) >= 11 is 0. The van der Waals surface area contributed by atoms with Gasteiger partial charge in [-0.05, 0) is 30.7 Å². The van der Waals surface area contributed by atoms with Crippen LogP contribution < -0.4 is 4.74 Å². The molecule has 0 aliphatic carbocycles. The molecule has 0 heterocycles. The van der Waals surface area contributed by atoms with Crippen molar-refractivity contribution < 1.29 is 19.4 Å². The Labute approximate surface area is 124 Å². The smallest absolute Gasteiger partial charge is 0.308 e. The first kappa shape index (κ1) is 16.8. The molecule has 1 unspecified atom stereocenters. The summed E-state index contributed by atoms with van der Waals surface area (Å²) in [7, 11) is 1.58. The number of methoxy groups -OCH3 is 1. The van der Waals surface area contributed by atoms with E-state index in [9.17, 15) is 9.59 Å². The van der Waals surface area contributed by atoms with Crippen molar-refractivity contribution in [2.45, 2.75) is 13.8 Å². The van der Waals surface area contributed by atoms with Gasteiger partial charge in [0.05, 0.1) is 13.0 Å². The van der Waals surface area contributed by atoms with Crippen molar-refractivity contribution in [3.05, 3.63) is 35.9 Å². The maximum atomic E-state index is 12.1. The molecule has 1 aromatic carbocycles. The van der Waals surface area contributed by atoms with Crippen LogP contribution in [0, 0.1) is 5.92 Å². The lowest BCUT2D eigenvalue weighted by Crippen LogP contribution is -2.35. The van der Waals surface area contributed by atoms with Crippen molar-refractivity contribution in [1.29, 1.82) is 0 Å². The van der Waals surface area contributed by atoms with E-state index in [1.54, 1.807) is 20.1 Å². The lowest BCUT2D eigenvalue weighted by Gasteiger charge is -2.21. The number of aliphatic carboxylic acids is 1. The third kappa shape index (κ3) is 5.30. The van der Waals surface area contributed by atoms with Crippen LogP contribution in [-0.4, -0.2) is 42.1 Å². The first-order valence-electron chi connectivity index (χ1n) is 6.81. The molecule has 1 aromatic rings. The van der Waals surface area contributed by atoms with Crippen LogP contribution in [0.1, 0.15) is 19.4 Å². The van der Waals surface area contributed by atoms with Crippen molar-refractivity contribution in [2.24, 2.45) is 5.92 Å². The van der Waals surface area contributed by atoms with Crippen molar-refractivity contribution in [1.82, 2.24) is 4.90 Å². The predicted molar refractivity (Wildman–Crippen MR) is 81.1 cm³/mol. The molecule has 0 spiro atoms. The summed E-state index contributed by atoms with van der Waals surface area (Å²) in [4.78, 5) is 24.4. The second kappa shape index (κ2) is 8.09. The Balaban J connectivity index is 2.72. The molecule has 0 radical (unpaired) electrons. The van der Waals surface area contributed by atoms with Crippen LogP contribution in [0.4, 0.5) is 0 Å². The second-order valence-electron chi connectivity index (χ2n) is 4.73. The Hall–Kier alpha value is -2.30. The zero-order valence-corrected chi connectivity index (χ0v) is 12.6. The van der Waals surface area contributed by atoms with Crippen molar-refractivity contribution in [2.75, 3.05) is 20.2 Å². The van der Waals surface area contributed by atoms with Crippen molar-refractivity contribution in [3.63, 3.8) is 0 Å². The Morgan fingerprint density at radius 3 is 2.71 bits per heavy atom. The first-order chi connectivity index (χ1) is 9.97. The van der Waals surface area contributed by atoms with Gasteiger partial charge < -0.3 is 14.7 Å². The standard InChI is InChI=1S/C16H21NO4/c1-4-17(11-12(2)16(19)20)15(18)9-8-13-6-5-7-14(10-13)21-3/h5-10,12H,4,11H2,1-3H3,(H,19,20). The molecule has 1 rings (SSSR count). The van der Waals surface area contributed by atoms with Gasteiger partial charge in [0.25, 0.3) is 0 Å². The summed E-state index contributed by atoms with van der Waals surface area (Å²) in [6.07, 6.45) is 3.14. The fraction of sp³-hybridized carbons (Fsp3) is 0.375. The van der Waals surface area contributed by atoms with Crippen LogP contribution in [0.15, 0.2) is 30.3 Å². The van der Waals surface area contributed by atoms with E-state index in [-0.39, 0.29) is 12.5 Å². The summed E-state index contributed by atoms with van der Waals surface area (Å²) in [5.41, 5.74) is 0.852. The number of ether oxygens (including phenoxy) is 1. The lowest BCUT2D eigenvalue weighted by molar-refractivity contribution is -0.142. The van der Waals surface area contributed by atoms with Crippen LogP contribution in [0.3, 0.4) is 0 Å². The monoisotopic (exact) mass is 291 g/mol. The number of hydrogen-bond donors (Lipinski definition) is 1. The Morgan fingerprint density at radius 2 is 2.14 bits per heavy atom. The highest BCUT2D eigenvalue weighted by atomic mass is 16.5. The molecule has 1 N–H and O–H groups in total. The molecule has 0 saturated carbocycles. The van der Waals surface area contributed by atoms with Gasteiger partial charge in [-0.1, -0.05) is 19.1 Å². The maximum Gasteiger partial charge on any atom is 0.308 e. The van der Waals surface area contributed by atoms with E-state index in [1.807, 2.05) is 31.2 Å². The van der Waals surface area contributed by atoms with Crippen LogP contribution >= 0.6 is 0 Å². The Morgan fingerprint density at radius 1 is 1.43 bits per heavy atom. The zero-order valence-electron chi connectivity index (χ0n) is 12.6. The van der Waals surface area contributed by atoms with Gasteiger partial charge >= 0.3 is 5.97 Å². The van der Waals surface area contributed by atoms with Gasteiger partial charge in [0.2, 0.25) is 5.91 Å².